The molecule has 1 aromatic carbocycles. The number of aromatic nitrogens is 3. The van der Waals surface area contributed by atoms with Gasteiger partial charge in [0.1, 0.15) is 6.61 Å². The van der Waals surface area contributed by atoms with Crippen molar-refractivity contribution >= 4 is 23.3 Å². The van der Waals surface area contributed by atoms with E-state index in [1.165, 1.54) is 6.20 Å². The first kappa shape index (κ1) is 20.5. The number of benzene rings is 1. The first-order valence-corrected chi connectivity index (χ1v) is 10.1. The zero-order valence-corrected chi connectivity index (χ0v) is 16.9. The van der Waals surface area contributed by atoms with E-state index in [0.29, 0.717) is 16.4 Å². The first-order chi connectivity index (χ1) is 14.4. The van der Waals surface area contributed by atoms with Gasteiger partial charge in [-0.25, -0.2) is 23.1 Å². The molecule has 0 radical (unpaired) electrons. The normalized spacial score (nSPS) is 17.6. The molecule has 1 amide bonds. The molecule has 0 saturated heterocycles. The Morgan fingerprint density at radius 1 is 1.30 bits per heavy atom. The lowest BCUT2D eigenvalue weighted by Crippen LogP contribution is -2.37. The Hall–Kier alpha value is -2.74. The largest absolute Gasteiger partial charge is 0.445 e. The smallest absolute Gasteiger partial charge is 0.408 e. The van der Waals surface area contributed by atoms with E-state index in [1.54, 1.807) is 16.8 Å². The number of ether oxygens (including phenoxy) is 1. The quantitative estimate of drug-likeness (QED) is 0.601. The van der Waals surface area contributed by atoms with Gasteiger partial charge in [0.25, 0.3) is 0 Å². The summed E-state index contributed by atoms with van der Waals surface area (Å²) in [6.45, 7) is 0.116. The number of imidazole rings is 1. The zero-order chi connectivity index (χ0) is 21.1. The molecule has 1 saturated carbocycles. The van der Waals surface area contributed by atoms with Crippen LogP contribution in [0.25, 0.3) is 5.65 Å². The van der Waals surface area contributed by atoms with Crippen molar-refractivity contribution in [3.05, 3.63) is 65.1 Å². The summed E-state index contributed by atoms with van der Waals surface area (Å²) in [5.41, 5.74) is 1.91. The van der Waals surface area contributed by atoms with Crippen LogP contribution in [0.3, 0.4) is 0 Å². The summed E-state index contributed by atoms with van der Waals surface area (Å²) in [4.78, 5) is 17.0. The number of rotatable bonds is 5. The Bertz CT molecular complexity index is 1020. The van der Waals surface area contributed by atoms with Gasteiger partial charge in [0.2, 0.25) is 5.92 Å². The minimum atomic E-state index is -2.66. The highest BCUT2D eigenvalue weighted by atomic mass is 35.5. The van der Waals surface area contributed by atoms with E-state index in [-0.39, 0.29) is 38.2 Å². The minimum absolute atomic E-state index is 0.116. The fourth-order valence-corrected chi connectivity index (χ4v) is 3.88. The first-order valence-electron chi connectivity index (χ1n) is 9.75. The molecule has 1 aliphatic carbocycles. The second-order valence-electron chi connectivity index (χ2n) is 7.52. The summed E-state index contributed by atoms with van der Waals surface area (Å²) in [6.07, 6.45) is 2.67. The number of hydrogen-bond donors (Lipinski definition) is 1. The molecular weight excluding hydrogens is 414 g/mol. The number of nitrogens with zero attached hydrogens (tertiary/aromatic N) is 3. The van der Waals surface area contributed by atoms with Crippen molar-refractivity contribution < 1.29 is 18.3 Å². The Labute approximate surface area is 177 Å². The molecule has 1 N–H and O–H groups in total. The van der Waals surface area contributed by atoms with Crippen molar-refractivity contribution in [1.29, 1.82) is 0 Å². The van der Waals surface area contributed by atoms with Crippen LogP contribution in [0.2, 0.25) is 5.02 Å². The number of halogens is 3. The molecule has 158 valence electrons. The summed E-state index contributed by atoms with van der Waals surface area (Å²) in [5, 5.41) is 7.43. The number of carbonyl (C=O) groups excluding carboxylic acids is 1. The van der Waals surface area contributed by atoms with Gasteiger partial charge in [-0.3, -0.25) is 0 Å². The van der Waals surface area contributed by atoms with Gasteiger partial charge in [-0.15, -0.1) is 0 Å². The maximum absolute atomic E-state index is 13.7. The van der Waals surface area contributed by atoms with Gasteiger partial charge in [0, 0.05) is 18.9 Å². The summed E-state index contributed by atoms with van der Waals surface area (Å²) in [7, 11) is 0. The van der Waals surface area contributed by atoms with Crippen LogP contribution in [0.1, 0.15) is 43.0 Å². The highest BCUT2D eigenvalue weighted by Crippen LogP contribution is 2.41. The Morgan fingerprint density at radius 2 is 2.03 bits per heavy atom. The molecule has 0 spiro atoms. The SMILES string of the molecule is O=C(NC(c1cn2ncc(Cl)cc2n1)C1CCC(F)(F)CC1)OCc1ccccc1. The molecule has 6 nitrogen and oxygen atoms in total. The molecule has 2 aromatic heterocycles. The Kier molecular flexibility index (Phi) is 5.85. The number of nitrogens with one attached hydrogen (secondary N) is 1. The van der Waals surface area contributed by atoms with Gasteiger partial charge in [-0.1, -0.05) is 41.9 Å². The van der Waals surface area contributed by atoms with Gasteiger partial charge in [-0.2, -0.15) is 5.10 Å². The average molecular weight is 435 g/mol. The van der Waals surface area contributed by atoms with E-state index in [1.807, 2.05) is 30.3 Å². The fourth-order valence-electron chi connectivity index (χ4n) is 3.74. The van der Waals surface area contributed by atoms with Crippen molar-refractivity contribution in [2.45, 2.75) is 44.3 Å². The minimum Gasteiger partial charge on any atom is -0.445 e. The summed E-state index contributed by atoms with van der Waals surface area (Å²) in [5.74, 6) is -2.85. The van der Waals surface area contributed by atoms with Gasteiger partial charge in [0.15, 0.2) is 5.65 Å². The molecule has 30 heavy (non-hydrogen) atoms. The van der Waals surface area contributed by atoms with E-state index >= 15 is 0 Å². The van der Waals surface area contributed by atoms with E-state index in [9.17, 15) is 13.6 Å². The van der Waals surface area contributed by atoms with Crippen molar-refractivity contribution in [3.63, 3.8) is 0 Å². The highest BCUT2D eigenvalue weighted by molar-refractivity contribution is 6.30. The monoisotopic (exact) mass is 434 g/mol. The van der Waals surface area contributed by atoms with Gasteiger partial charge < -0.3 is 10.1 Å². The molecule has 2 heterocycles. The lowest BCUT2D eigenvalue weighted by molar-refractivity contribution is -0.0497. The van der Waals surface area contributed by atoms with E-state index in [2.05, 4.69) is 15.4 Å². The lowest BCUT2D eigenvalue weighted by Gasteiger charge is -2.33. The molecule has 0 aliphatic heterocycles. The molecule has 0 bridgehead atoms. The number of fused-ring (bicyclic) bond motifs is 1. The molecule has 1 fully saturated rings. The predicted octanol–water partition coefficient (Wildman–Crippen LogP) is 5.18. The van der Waals surface area contributed by atoms with Crippen molar-refractivity contribution in [3.8, 4) is 0 Å². The van der Waals surface area contributed by atoms with E-state index < -0.39 is 18.1 Å². The zero-order valence-electron chi connectivity index (χ0n) is 16.1. The van der Waals surface area contributed by atoms with Gasteiger partial charge in [0.05, 0.1) is 29.2 Å². The standard InChI is InChI=1S/C21H21ClF2N4O2/c22-16-10-18-26-17(12-28(18)25-11-16)19(15-6-8-21(23,24)9-7-15)27-20(29)30-13-14-4-2-1-3-5-14/h1-5,10-12,15,19H,6-9,13H2,(H,27,29). The molecular formula is C21H21ClF2N4O2. The average Bonchev–Trinajstić information content (AvgIpc) is 3.14. The number of alkyl halides is 2. The fraction of sp³-hybridized carbons (Fsp3) is 0.381. The number of alkyl carbamates (subject to hydrolysis) is 1. The molecule has 1 unspecified atom stereocenters. The van der Waals surface area contributed by atoms with Crippen LogP contribution < -0.4 is 5.32 Å². The van der Waals surface area contributed by atoms with Crippen LogP contribution in [-0.4, -0.2) is 26.6 Å². The van der Waals surface area contributed by atoms with Crippen molar-refractivity contribution in [2.75, 3.05) is 0 Å². The molecule has 1 atom stereocenters. The summed E-state index contributed by atoms with van der Waals surface area (Å²) >= 11 is 5.98. The summed E-state index contributed by atoms with van der Waals surface area (Å²) < 4.78 is 34.2. The van der Waals surface area contributed by atoms with Crippen LogP contribution in [0.4, 0.5) is 13.6 Å². The third-order valence-electron chi connectivity index (χ3n) is 5.34. The van der Waals surface area contributed by atoms with Crippen molar-refractivity contribution in [2.24, 2.45) is 5.92 Å². The van der Waals surface area contributed by atoms with E-state index in [0.717, 1.165) is 5.56 Å². The molecule has 1 aliphatic rings. The second kappa shape index (κ2) is 8.55. The van der Waals surface area contributed by atoms with Gasteiger partial charge >= 0.3 is 6.09 Å². The lowest BCUT2D eigenvalue weighted by atomic mass is 9.81. The third kappa shape index (κ3) is 4.87. The maximum atomic E-state index is 13.7. The maximum Gasteiger partial charge on any atom is 0.408 e. The van der Waals surface area contributed by atoms with Crippen LogP contribution >= 0.6 is 11.6 Å². The Balaban J connectivity index is 1.52. The van der Waals surface area contributed by atoms with Crippen LogP contribution in [0.15, 0.2) is 48.8 Å². The van der Waals surface area contributed by atoms with Crippen LogP contribution in [-0.2, 0) is 11.3 Å². The molecule has 9 heteroatoms. The number of hydrogen-bond acceptors (Lipinski definition) is 4. The molecule has 3 aromatic rings. The highest BCUT2D eigenvalue weighted by Gasteiger charge is 2.39. The van der Waals surface area contributed by atoms with Crippen LogP contribution in [0.5, 0.6) is 0 Å². The topological polar surface area (TPSA) is 68.5 Å². The number of carbonyl (C=O) groups is 1. The number of amides is 1. The van der Waals surface area contributed by atoms with E-state index in [4.69, 9.17) is 16.3 Å². The predicted molar refractivity (Wildman–Crippen MR) is 107 cm³/mol. The third-order valence-corrected chi connectivity index (χ3v) is 5.55. The van der Waals surface area contributed by atoms with Gasteiger partial charge in [-0.05, 0) is 24.3 Å². The molecule has 4 rings (SSSR count). The summed E-state index contributed by atoms with van der Waals surface area (Å²) in [6, 6.07) is 10.4. The Morgan fingerprint density at radius 3 is 2.77 bits per heavy atom. The second-order valence-corrected chi connectivity index (χ2v) is 7.96. The van der Waals surface area contributed by atoms with Crippen LogP contribution in [0, 0.1) is 5.92 Å². The van der Waals surface area contributed by atoms with Crippen molar-refractivity contribution in [1.82, 2.24) is 19.9 Å².